The highest BCUT2D eigenvalue weighted by atomic mass is 19.1. The summed E-state index contributed by atoms with van der Waals surface area (Å²) in [5.41, 5.74) is 9.32. The van der Waals surface area contributed by atoms with Gasteiger partial charge in [-0.1, -0.05) is 12.1 Å². The minimum atomic E-state index is -0.230. The van der Waals surface area contributed by atoms with E-state index in [2.05, 4.69) is 10.3 Å². The number of fused-ring (bicyclic) bond motifs is 1. The number of hydrogen-bond donors (Lipinski definition) is 2. The van der Waals surface area contributed by atoms with Crippen molar-refractivity contribution in [3.8, 4) is 0 Å². The molecule has 3 N–H and O–H groups in total. The number of imidazole rings is 1. The lowest BCUT2D eigenvalue weighted by atomic mass is 10.2. The summed E-state index contributed by atoms with van der Waals surface area (Å²) in [7, 11) is 1.94. The molecule has 1 aromatic heterocycles. The van der Waals surface area contributed by atoms with Crippen LogP contribution in [0.25, 0.3) is 11.0 Å². The van der Waals surface area contributed by atoms with Gasteiger partial charge in [-0.2, -0.15) is 0 Å². The van der Waals surface area contributed by atoms with E-state index in [1.807, 2.05) is 29.8 Å². The highest BCUT2D eigenvalue weighted by molar-refractivity contribution is 5.81. The van der Waals surface area contributed by atoms with Crippen molar-refractivity contribution in [3.63, 3.8) is 0 Å². The first-order valence-corrected chi connectivity index (χ1v) is 6.34. The number of anilines is 2. The van der Waals surface area contributed by atoms with Crippen molar-refractivity contribution in [2.75, 3.05) is 11.1 Å². The van der Waals surface area contributed by atoms with Crippen LogP contribution in [0.5, 0.6) is 0 Å². The van der Waals surface area contributed by atoms with Gasteiger partial charge in [-0.25, -0.2) is 9.37 Å². The second kappa shape index (κ2) is 4.85. The molecule has 0 aliphatic carbocycles. The van der Waals surface area contributed by atoms with Gasteiger partial charge in [-0.3, -0.25) is 0 Å². The summed E-state index contributed by atoms with van der Waals surface area (Å²) in [6.07, 6.45) is 0. The predicted octanol–water partition coefficient (Wildman–Crippen LogP) is 2.91. The van der Waals surface area contributed by atoms with Crippen LogP contribution in [-0.2, 0) is 13.6 Å². The molecule has 0 fully saturated rings. The lowest BCUT2D eigenvalue weighted by molar-refractivity contribution is 0.627. The number of nitrogens with zero attached hydrogens (tertiary/aromatic N) is 2. The number of aromatic nitrogens is 2. The van der Waals surface area contributed by atoms with Gasteiger partial charge in [0, 0.05) is 19.3 Å². The SMILES string of the molecule is Cn1c(NCc2ccc(F)cc2)nc2cc(N)ccc21. The second-order valence-electron chi connectivity index (χ2n) is 4.72. The first-order chi connectivity index (χ1) is 9.63. The van der Waals surface area contributed by atoms with Crippen molar-refractivity contribution < 1.29 is 4.39 Å². The van der Waals surface area contributed by atoms with Gasteiger partial charge in [0.25, 0.3) is 0 Å². The Balaban J connectivity index is 1.84. The number of halogens is 1. The number of hydrogen-bond acceptors (Lipinski definition) is 3. The molecule has 2 aromatic carbocycles. The fraction of sp³-hybridized carbons (Fsp3) is 0.133. The minimum Gasteiger partial charge on any atom is -0.399 e. The van der Waals surface area contributed by atoms with E-state index in [4.69, 9.17) is 5.73 Å². The summed E-state index contributed by atoms with van der Waals surface area (Å²) in [6.45, 7) is 0.590. The van der Waals surface area contributed by atoms with E-state index in [-0.39, 0.29) is 5.82 Å². The van der Waals surface area contributed by atoms with E-state index < -0.39 is 0 Å². The minimum absolute atomic E-state index is 0.230. The monoisotopic (exact) mass is 270 g/mol. The zero-order valence-electron chi connectivity index (χ0n) is 11.1. The second-order valence-corrected chi connectivity index (χ2v) is 4.72. The van der Waals surface area contributed by atoms with Gasteiger partial charge >= 0.3 is 0 Å². The van der Waals surface area contributed by atoms with E-state index in [0.717, 1.165) is 22.5 Å². The molecule has 20 heavy (non-hydrogen) atoms. The molecule has 0 bridgehead atoms. The maximum absolute atomic E-state index is 12.8. The van der Waals surface area contributed by atoms with Crippen LogP contribution < -0.4 is 11.1 Å². The highest BCUT2D eigenvalue weighted by Crippen LogP contribution is 2.20. The molecule has 0 aliphatic heterocycles. The van der Waals surface area contributed by atoms with Crippen LogP contribution in [0, 0.1) is 5.82 Å². The molecule has 0 atom stereocenters. The maximum atomic E-state index is 12.8. The third kappa shape index (κ3) is 2.30. The summed E-state index contributed by atoms with van der Waals surface area (Å²) in [4.78, 5) is 4.50. The molecular weight excluding hydrogens is 255 g/mol. The van der Waals surface area contributed by atoms with Crippen LogP contribution >= 0.6 is 0 Å². The third-order valence-electron chi connectivity index (χ3n) is 3.27. The van der Waals surface area contributed by atoms with Gasteiger partial charge in [0.2, 0.25) is 5.95 Å². The van der Waals surface area contributed by atoms with E-state index in [1.54, 1.807) is 12.1 Å². The molecule has 4 nitrogen and oxygen atoms in total. The van der Waals surface area contributed by atoms with Crippen LogP contribution in [0.3, 0.4) is 0 Å². The van der Waals surface area contributed by atoms with Crippen LogP contribution in [0.2, 0.25) is 0 Å². The van der Waals surface area contributed by atoms with Gasteiger partial charge in [0.15, 0.2) is 0 Å². The Hall–Kier alpha value is -2.56. The molecule has 0 saturated carbocycles. The standard InChI is InChI=1S/C15H15FN4/c1-20-14-7-6-12(17)8-13(14)19-15(20)18-9-10-2-4-11(16)5-3-10/h2-8H,9,17H2,1H3,(H,18,19). The van der Waals surface area contributed by atoms with E-state index >= 15 is 0 Å². The van der Waals surface area contributed by atoms with Crippen molar-refractivity contribution in [1.82, 2.24) is 9.55 Å². The zero-order chi connectivity index (χ0) is 14.1. The van der Waals surface area contributed by atoms with Crippen molar-refractivity contribution in [2.45, 2.75) is 6.54 Å². The van der Waals surface area contributed by atoms with E-state index in [0.29, 0.717) is 12.2 Å². The Kier molecular flexibility index (Phi) is 3.02. The zero-order valence-corrected chi connectivity index (χ0v) is 11.1. The number of nitrogens with one attached hydrogen (secondary N) is 1. The fourth-order valence-electron chi connectivity index (χ4n) is 2.16. The first kappa shape index (κ1) is 12.5. The summed E-state index contributed by atoms with van der Waals surface area (Å²) in [6, 6.07) is 12.1. The average Bonchev–Trinajstić information content (AvgIpc) is 2.74. The average molecular weight is 270 g/mol. The largest absolute Gasteiger partial charge is 0.399 e. The van der Waals surface area contributed by atoms with Crippen LogP contribution in [0.1, 0.15) is 5.56 Å². The Labute approximate surface area is 116 Å². The normalized spacial score (nSPS) is 10.9. The van der Waals surface area contributed by atoms with Crippen molar-refractivity contribution in [3.05, 3.63) is 53.8 Å². The number of rotatable bonds is 3. The molecule has 1 heterocycles. The summed E-state index contributed by atoms with van der Waals surface area (Å²) in [5, 5.41) is 3.25. The quantitative estimate of drug-likeness (QED) is 0.719. The van der Waals surface area contributed by atoms with Crippen LogP contribution in [-0.4, -0.2) is 9.55 Å². The van der Waals surface area contributed by atoms with Gasteiger partial charge in [-0.15, -0.1) is 0 Å². The predicted molar refractivity (Wildman–Crippen MR) is 78.9 cm³/mol. The summed E-state index contributed by atoms with van der Waals surface area (Å²) >= 11 is 0. The van der Waals surface area contributed by atoms with Crippen molar-refractivity contribution >= 4 is 22.7 Å². The molecule has 3 aromatic rings. The van der Waals surface area contributed by atoms with E-state index in [1.165, 1.54) is 12.1 Å². The molecule has 102 valence electrons. The number of benzene rings is 2. The highest BCUT2D eigenvalue weighted by Gasteiger charge is 2.07. The summed E-state index contributed by atoms with van der Waals surface area (Å²) in [5.74, 6) is 0.530. The molecule has 0 aliphatic rings. The maximum Gasteiger partial charge on any atom is 0.203 e. The molecule has 0 saturated heterocycles. The smallest absolute Gasteiger partial charge is 0.203 e. The number of nitrogens with two attached hydrogens (primary N) is 1. The first-order valence-electron chi connectivity index (χ1n) is 6.34. The number of aryl methyl sites for hydroxylation is 1. The van der Waals surface area contributed by atoms with Crippen LogP contribution in [0.4, 0.5) is 16.0 Å². The topological polar surface area (TPSA) is 55.9 Å². The number of nitrogen functional groups attached to an aromatic ring is 1. The Morgan fingerprint density at radius 3 is 2.70 bits per heavy atom. The molecule has 0 spiro atoms. The molecule has 0 radical (unpaired) electrons. The van der Waals surface area contributed by atoms with Gasteiger partial charge < -0.3 is 15.6 Å². The van der Waals surface area contributed by atoms with Crippen LogP contribution in [0.15, 0.2) is 42.5 Å². The van der Waals surface area contributed by atoms with Crippen molar-refractivity contribution in [1.29, 1.82) is 0 Å². The molecule has 3 rings (SSSR count). The molecule has 0 amide bonds. The molecular formula is C15H15FN4. The Morgan fingerprint density at radius 1 is 1.20 bits per heavy atom. The molecule has 0 unspecified atom stereocenters. The summed E-state index contributed by atoms with van der Waals surface area (Å²) < 4.78 is 14.8. The fourth-order valence-corrected chi connectivity index (χ4v) is 2.16. The van der Waals surface area contributed by atoms with Gasteiger partial charge in [-0.05, 0) is 35.9 Å². The lowest BCUT2D eigenvalue weighted by Gasteiger charge is -2.06. The van der Waals surface area contributed by atoms with Gasteiger partial charge in [0.05, 0.1) is 11.0 Å². The molecule has 5 heteroatoms. The van der Waals surface area contributed by atoms with E-state index in [9.17, 15) is 4.39 Å². The third-order valence-corrected chi connectivity index (χ3v) is 3.27. The van der Waals surface area contributed by atoms with Crippen molar-refractivity contribution in [2.24, 2.45) is 7.05 Å². The Bertz CT molecular complexity index is 746. The van der Waals surface area contributed by atoms with Gasteiger partial charge in [0.1, 0.15) is 5.82 Å². The lowest BCUT2D eigenvalue weighted by Crippen LogP contribution is -2.04. The Morgan fingerprint density at radius 2 is 1.95 bits per heavy atom.